The Morgan fingerprint density at radius 2 is 1.94 bits per heavy atom. The molecule has 4 nitrogen and oxygen atoms in total. The Balaban J connectivity index is 2.26. The second-order valence-electron chi connectivity index (χ2n) is 3.54. The lowest BCUT2D eigenvalue weighted by Gasteiger charge is -2.08. The van der Waals surface area contributed by atoms with Crippen LogP contribution >= 0.6 is 22.6 Å². The monoisotopic (exact) mass is 341 g/mol. The van der Waals surface area contributed by atoms with Crippen molar-refractivity contribution >= 4 is 22.6 Å². The number of pyridine rings is 1. The van der Waals surface area contributed by atoms with E-state index in [2.05, 4.69) is 37.5 Å². The van der Waals surface area contributed by atoms with Crippen LogP contribution in [0.5, 0.6) is 11.8 Å². The Kier molecular flexibility index (Phi) is 3.88. The first-order valence-electron chi connectivity index (χ1n) is 5.31. The van der Waals surface area contributed by atoms with Crippen LogP contribution in [0.15, 0.2) is 24.5 Å². The average molecular weight is 341 g/mol. The van der Waals surface area contributed by atoms with Gasteiger partial charge in [0.2, 0.25) is 0 Å². The zero-order valence-electron chi connectivity index (χ0n) is 9.64. The van der Waals surface area contributed by atoms with E-state index in [-0.39, 0.29) is 0 Å². The van der Waals surface area contributed by atoms with Crippen molar-refractivity contribution in [2.24, 2.45) is 0 Å². The number of ether oxygens (including phenoxy) is 1. The molecule has 2 aromatic heterocycles. The lowest BCUT2D eigenvalue weighted by Crippen LogP contribution is -1.98. The second kappa shape index (κ2) is 5.39. The average Bonchev–Trinajstić information content (AvgIpc) is 2.34. The predicted octanol–water partition coefficient (Wildman–Crippen LogP) is 3.14. The summed E-state index contributed by atoms with van der Waals surface area (Å²) >= 11 is 2.15. The molecule has 0 amide bonds. The molecular formula is C12H12IN3O. The van der Waals surface area contributed by atoms with E-state index in [1.54, 1.807) is 12.4 Å². The number of hydrogen-bond donors (Lipinski definition) is 0. The normalized spacial score (nSPS) is 10.3. The van der Waals surface area contributed by atoms with E-state index in [0.717, 1.165) is 27.1 Å². The molecule has 5 heteroatoms. The second-order valence-corrected chi connectivity index (χ2v) is 4.78. The van der Waals surface area contributed by atoms with Gasteiger partial charge in [0.25, 0.3) is 0 Å². The molecule has 0 atom stereocenters. The molecule has 0 saturated carbocycles. The van der Waals surface area contributed by atoms with Gasteiger partial charge in [0, 0.05) is 21.7 Å². The summed E-state index contributed by atoms with van der Waals surface area (Å²) in [5.74, 6) is 0.722. The number of aromatic nitrogens is 3. The molecule has 2 aromatic rings. The Hall–Kier alpha value is -1.24. The Bertz CT molecular complexity index is 514. The van der Waals surface area contributed by atoms with Gasteiger partial charge < -0.3 is 4.74 Å². The van der Waals surface area contributed by atoms with E-state index in [0.29, 0.717) is 6.01 Å². The lowest BCUT2D eigenvalue weighted by molar-refractivity contribution is 0.433. The molecule has 0 saturated heterocycles. The maximum atomic E-state index is 5.62. The third kappa shape index (κ3) is 3.12. The van der Waals surface area contributed by atoms with Crippen molar-refractivity contribution in [3.05, 3.63) is 39.5 Å². The van der Waals surface area contributed by atoms with Crippen LogP contribution in [0.3, 0.4) is 0 Å². The zero-order valence-corrected chi connectivity index (χ0v) is 11.8. The van der Waals surface area contributed by atoms with E-state index in [4.69, 9.17) is 4.74 Å². The number of rotatable bonds is 3. The number of aryl methyl sites for hydroxylation is 2. The van der Waals surface area contributed by atoms with Gasteiger partial charge in [-0.1, -0.05) is 6.92 Å². The van der Waals surface area contributed by atoms with E-state index < -0.39 is 0 Å². The summed E-state index contributed by atoms with van der Waals surface area (Å²) in [5, 5.41) is 0. The highest BCUT2D eigenvalue weighted by atomic mass is 127. The van der Waals surface area contributed by atoms with E-state index in [1.165, 1.54) is 0 Å². The van der Waals surface area contributed by atoms with Crippen LogP contribution in [0.2, 0.25) is 0 Å². The summed E-state index contributed by atoms with van der Waals surface area (Å²) in [6.45, 7) is 4.01. The standard InChI is InChI=1S/C12H12IN3O/c1-3-10-11(5-4-8(2)16-10)17-12-14-6-9(13)7-15-12/h4-7H,3H2,1-2H3. The van der Waals surface area contributed by atoms with Gasteiger partial charge in [-0.05, 0) is 48.1 Å². The van der Waals surface area contributed by atoms with E-state index in [9.17, 15) is 0 Å². The Morgan fingerprint density at radius 1 is 1.24 bits per heavy atom. The Morgan fingerprint density at radius 3 is 2.59 bits per heavy atom. The van der Waals surface area contributed by atoms with Crippen LogP contribution in [-0.4, -0.2) is 15.0 Å². The van der Waals surface area contributed by atoms with Gasteiger partial charge in [0.15, 0.2) is 5.75 Å². The first-order valence-corrected chi connectivity index (χ1v) is 6.39. The summed E-state index contributed by atoms with van der Waals surface area (Å²) in [4.78, 5) is 12.6. The molecule has 2 rings (SSSR count). The van der Waals surface area contributed by atoms with Gasteiger partial charge in [-0.15, -0.1) is 0 Å². The SMILES string of the molecule is CCc1nc(C)ccc1Oc1ncc(I)cn1. The first-order chi connectivity index (χ1) is 8.19. The molecule has 0 aliphatic heterocycles. The van der Waals surface area contributed by atoms with Crippen molar-refractivity contribution in [2.75, 3.05) is 0 Å². The van der Waals surface area contributed by atoms with Gasteiger partial charge in [0.1, 0.15) is 0 Å². The number of nitrogens with zero attached hydrogens (tertiary/aromatic N) is 3. The van der Waals surface area contributed by atoms with Gasteiger partial charge in [-0.3, -0.25) is 4.98 Å². The minimum absolute atomic E-state index is 0.353. The topological polar surface area (TPSA) is 47.9 Å². The molecule has 0 unspecified atom stereocenters. The molecule has 0 aromatic carbocycles. The van der Waals surface area contributed by atoms with Gasteiger partial charge in [-0.2, -0.15) is 0 Å². The van der Waals surface area contributed by atoms with Crippen LogP contribution in [0.25, 0.3) is 0 Å². The van der Waals surface area contributed by atoms with Crippen molar-refractivity contribution < 1.29 is 4.74 Å². The first kappa shape index (κ1) is 12.2. The third-order valence-electron chi connectivity index (χ3n) is 2.20. The van der Waals surface area contributed by atoms with Crippen molar-refractivity contribution in [3.8, 4) is 11.8 Å². The summed E-state index contributed by atoms with van der Waals surface area (Å²) in [6.07, 6.45) is 4.26. The molecule has 0 bridgehead atoms. The fourth-order valence-electron chi connectivity index (χ4n) is 1.40. The van der Waals surface area contributed by atoms with Gasteiger partial charge in [-0.25, -0.2) is 9.97 Å². The molecule has 0 aliphatic carbocycles. The van der Waals surface area contributed by atoms with Gasteiger partial charge in [0.05, 0.1) is 5.69 Å². The molecule has 17 heavy (non-hydrogen) atoms. The van der Waals surface area contributed by atoms with Crippen molar-refractivity contribution in [1.29, 1.82) is 0 Å². The quantitative estimate of drug-likeness (QED) is 0.805. The fourth-order valence-corrected chi connectivity index (χ4v) is 1.67. The summed E-state index contributed by atoms with van der Waals surface area (Å²) in [7, 11) is 0. The molecule has 2 heterocycles. The van der Waals surface area contributed by atoms with E-state index >= 15 is 0 Å². The molecule has 0 aliphatic rings. The van der Waals surface area contributed by atoms with Crippen molar-refractivity contribution in [1.82, 2.24) is 15.0 Å². The highest BCUT2D eigenvalue weighted by Gasteiger charge is 2.06. The third-order valence-corrected chi connectivity index (χ3v) is 2.76. The largest absolute Gasteiger partial charge is 0.422 e. The smallest absolute Gasteiger partial charge is 0.321 e. The summed E-state index contributed by atoms with van der Waals surface area (Å²) in [6, 6.07) is 4.18. The molecule has 0 fully saturated rings. The van der Waals surface area contributed by atoms with E-state index in [1.807, 2.05) is 26.0 Å². The number of halogens is 1. The Labute approximate surface area is 114 Å². The highest BCUT2D eigenvalue weighted by molar-refractivity contribution is 14.1. The van der Waals surface area contributed by atoms with Gasteiger partial charge >= 0.3 is 6.01 Å². The predicted molar refractivity (Wildman–Crippen MR) is 73.2 cm³/mol. The van der Waals surface area contributed by atoms with Crippen LogP contribution < -0.4 is 4.74 Å². The van der Waals surface area contributed by atoms with Crippen LogP contribution in [0.4, 0.5) is 0 Å². The summed E-state index contributed by atoms with van der Waals surface area (Å²) in [5.41, 5.74) is 1.91. The fraction of sp³-hybridized carbons (Fsp3) is 0.250. The number of hydrogen-bond acceptors (Lipinski definition) is 4. The van der Waals surface area contributed by atoms with Crippen LogP contribution in [0, 0.1) is 10.5 Å². The van der Waals surface area contributed by atoms with Crippen molar-refractivity contribution in [2.45, 2.75) is 20.3 Å². The zero-order chi connectivity index (χ0) is 12.3. The van der Waals surface area contributed by atoms with Crippen LogP contribution in [0.1, 0.15) is 18.3 Å². The van der Waals surface area contributed by atoms with Crippen molar-refractivity contribution in [3.63, 3.8) is 0 Å². The minimum Gasteiger partial charge on any atom is -0.422 e. The molecule has 0 spiro atoms. The summed E-state index contributed by atoms with van der Waals surface area (Å²) < 4.78 is 6.60. The maximum Gasteiger partial charge on any atom is 0.321 e. The molecular weight excluding hydrogens is 329 g/mol. The highest BCUT2D eigenvalue weighted by Crippen LogP contribution is 2.22. The van der Waals surface area contributed by atoms with Crippen LogP contribution in [-0.2, 0) is 6.42 Å². The lowest BCUT2D eigenvalue weighted by atomic mass is 10.2. The molecule has 0 radical (unpaired) electrons. The molecule has 88 valence electrons. The molecule has 0 N–H and O–H groups in total. The maximum absolute atomic E-state index is 5.62. The minimum atomic E-state index is 0.353.